The highest BCUT2D eigenvalue weighted by Gasteiger charge is 2.40. The molecule has 3 rings (SSSR count). The van der Waals surface area contributed by atoms with E-state index in [4.69, 9.17) is 4.74 Å². The van der Waals surface area contributed by atoms with Gasteiger partial charge in [-0.2, -0.15) is 4.31 Å². The Kier molecular flexibility index (Phi) is 6.38. The second-order valence-corrected chi connectivity index (χ2v) is 9.75. The number of hydrogen-bond donors (Lipinski definition) is 1. The first-order valence-corrected chi connectivity index (χ1v) is 11.0. The minimum absolute atomic E-state index is 0.00208. The highest BCUT2D eigenvalue weighted by Crippen LogP contribution is 2.26. The monoisotopic (exact) mass is 413 g/mol. The van der Waals surface area contributed by atoms with Crippen molar-refractivity contribution in [3.05, 3.63) is 30.1 Å². The molecule has 2 heterocycles. The van der Waals surface area contributed by atoms with Gasteiger partial charge < -0.3 is 10.1 Å². The fourth-order valence-electron chi connectivity index (χ4n) is 3.73. The summed E-state index contributed by atoms with van der Waals surface area (Å²) in [6.45, 7) is 7.76. The molecule has 156 valence electrons. The lowest BCUT2D eigenvalue weighted by Gasteiger charge is -2.41. The number of nitrogens with zero attached hydrogens (tertiary/aromatic N) is 2. The van der Waals surface area contributed by atoms with E-state index in [1.807, 2.05) is 0 Å². The van der Waals surface area contributed by atoms with Crippen LogP contribution in [0.4, 0.5) is 4.39 Å². The minimum atomic E-state index is -3.85. The van der Waals surface area contributed by atoms with E-state index in [-0.39, 0.29) is 22.9 Å². The average molecular weight is 414 g/mol. The number of nitrogens with one attached hydrogen (secondary N) is 1. The molecule has 0 aliphatic carbocycles. The summed E-state index contributed by atoms with van der Waals surface area (Å²) in [7, 11) is -3.85. The lowest BCUT2D eigenvalue weighted by Crippen LogP contribution is -2.57. The largest absolute Gasteiger partial charge is 0.379 e. The van der Waals surface area contributed by atoms with E-state index >= 15 is 0 Å². The van der Waals surface area contributed by atoms with Crippen molar-refractivity contribution in [3.63, 3.8) is 0 Å². The van der Waals surface area contributed by atoms with E-state index in [0.29, 0.717) is 32.6 Å². The van der Waals surface area contributed by atoms with Gasteiger partial charge >= 0.3 is 0 Å². The number of ether oxygens (including phenoxy) is 1. The van der Waals surface area contributed by atoms with Crippen LogP contribution >= 0.6 is 0 Å². The van der Waals surface area contributed by atoms with Crippen molar-refractivity contribution in [2.45, 2.75) is 43.2 Å². The summed E-state index contributed by atoms with van der Waals surface area (Å²) in [5, 5.41) is 2.94. The van der Waals surface area contributed by atoms with Crippen LogP contribution in [0.25, 0.3) is 0 Å². The molecule has 0 bridgehead atoms. The first kappa shape index (κ1) is 21.2. The molecule has 28 heavy (non-hydrogen) atoms. The van der Waals surface area contributed by atoms with E-state index in [1.54, 1.807) is 0 Å². The molecule has 0 saturated carbocycles. The van der Waals surface area contributed by atoms with Gasteiger partial charge in [-0.15, -0.1) is 0 Å². The van der Waals surface area contributed by atoms with Crippen molar-refractivity contribution in [2.24, 2.45) is 0 Å². The summed E-state index contributed by atoms with van der Waals surface area (Å²) in [4.78, 5) is 15.1. The topological polar surface area (TPSA) is 79.0 Å². The first-order chi connectivity index (χ1) is 13.2. The maximum Gasteiger partial charge on any atom is 0.243 e. The molecule has 1 aromatic carbocycles. The van der Waals surface area contributed by atoms with Crippen LogP contribution in [0, 0.1) is 5.82 Å². The number of benzene rings is 1. The number of hydrogen-bond acceptors (Lipinski definition) is 5. The van der Waals surface area contributed by atoms with Gasteiger partial charge in [-0.3, -0.25) is 9.69 Å². The van der Waals surface area contributed by atoms with Gasteiger partial charge in [-0.05, 0) is 51.0 Å². The molecule has 1 N–H and O–H groups in total. The SMILES string of the molecule is CC(C)(CNC(=O)[C@H]1CCCN1S(=O)(=O)c1ccc(F)cc1)N1CCOCC1. The zero-order valence-electron chi connectivity index (χ0n) is 16.4. The summed E-state index contributed by atoms with van der Waals surface area (Å²) in [6.07, 6.45) is 1.09. The second-order valence-electron chi connectivity index (χ2n) is 7.86. The number of halogens is 1. The third kappa shape index (κ3) is 4.53. The summed E-state index contributed by atoms with van der Waals surface area (Å²) in [6, 6.07) is 3.96. The fraction of sp³-hybridized carbons (Fsp3) is 0.632. The van der Waals surface area contributed by atoms with Gasteiger partial charge in [0.2, 0.25) is 15.9 Å². The molecule has 1 aromatic rings. The standard InChI is InChI=1S/C19H28FN3O4S/c1-19(2,22-10-12-27-13-11-22)14-21-18(24)17-4-3-9-23(17)28(25,26)16-7-5-15(20)6-8-16/h5-8,17H,3-4,9-14H2,1-2H3,(H,21,24)/t17-/m1/s1. The Hall–Kier alpha value is -1.55. The maximum atomic E-state index is 13.1. The predicted octanol–water partition coefficient (Wildman–Crippen LogP) is 1.21. The third-order valence-corrected chi connectivity index (χ3v) is 7.41. The lowest BCUT2D eigenvalue weighted by atomic mass is 10.0. The van der Waals surface area contributed by atoms with Crippen molar-refractivity contribution in [1.82, 2.24) is 14.5 Å². The Balaban J connectivity index is 1.66. The Labute approximate surface area is 165 Å². The molecule has 0 radical (unpaired) electrons. The van der Waals surface area contributed by atoms with Crippen LogP contribution in [0.2, 0.25) is 0 Å². The second kappa shape index (κ2) is 8.44. The molecule has 2 saturated heterocycles. The quantitative estimate of drug-likeness (QED) is 0.758. The van der Waals surface area contributed by atoms with E-state index in [0.717, 1.165) is 25.2 Å². The van der Waals surface area contributed by atoms with Crippen molar-refractivity contribution < 1.29 is 22.3 Å². The summed E-state index contributed by atoms with van der Waals surface area (Å²) >= 11 is 0. The number of morpholine rings is 1. The van der Waals surface area contributed by atoms with Crippen LogP contribution in [-0.4, -0.2) is 74.5 Å². The van der Waals surface area contributed by atoms with Crippen molar-refractivity contribution in [2.75, 3.05) is 39.4 Å². The van der Waals surface area contributed by atoms with E-state index in [1.165, 1.54) is 16.4 Å². The van der Waals surface area contributed by atoms with Crippen LogP contribution in [0.3, 0.4) is 0 Å². The Morgan fingerprint density at radius 2 is 1.86 bits per heavy atom. The highest BCUT2D eigenvalue weighted by molar-refractivity contribution is 7.89. The Bertz CT molecular complexity index is 792. The molecule has 9 heteroatoms. The molecular weight excluding hydrogens is 385 g/mol. The van der Waals surface area contributed by atoms with Gasteiger partial charge in [0.15, 0.2) is 0 Å². The molecule has 7 nitrogen and oxygen atoms in total. The Morgan fingerprint density at radius 1 is 1.21 bits per heavy atom. The summed E-state index contributed by atoms with van der Waals surface area (Å²) in [5.74, 6) is -0.787. The normalized spacial score (nSPS) is 22.3. The zero-order chi connectivity index (χ0) is 20.4. The number of carbonyl (C=O) groups excluding carboxylic acids is 1. The Morgan fingerprint density at radius 3 is 2.50 bits per heavy atom. The van der Waals surface area contributed by atoms with Crippen molar-refractivity contribution >= 4 is 15.9 Å². The fourth-order valence-corrected chi connectivity index (χ4v) is 5.39. The van der Waals surface area contributed by atoms with Crippen LogP contribution < -0.4 is 5.32 Å². The molecule has 1 atom stereocenters. The molecule has 0 unspecified atom stereocenters. The van der Waals surface area contributed by atoms with Crippen LogP contribution in [-0.2, 0) is 19.6 Å². The number of amides is 1. The van der Waals surface area contributed by atoms with Gasteiger partial charge in [-0.25, -0.2) is 12.8 Å². The molecule has 2 aliphatic rings. The smallest absolute Gasteiger partial charge is 0.243 e. The van der Waals surface area contributed by atoms with E-state index < -0.39 is 21.9 Å². The molecule has 0 spiro atoms. The molecule has 0 aromatic heterocycles. The van der Waals surface area contributed by atoms with Crippen molar-refractivity contribution in [1.29, 1.82) is 0 Å². The average Bonchev–Trinajstić information content (AvgIpc) is 3.18. The number of carbonyl (C=O) groups is 1. The van der Waals surface area contributed by atoms with Gasteiger partial charge in [-0.1, -0.05) is 0 Å². The minimum Gasteiger partial charge on any atom is -0.379 e. The lowest BCUT2D eigenvalue weighted by molar-refractivity contribution is -0.125. The van der Waals surface area contributed by atoms with Gasteiger partial charge in [0.25, 0.3) is 0 Å². The number of rotatable bonds is 6. The van der Waals surface area contributed by atoms with Crippen LogP contribution in [0.5, 0.6) is 0 Å². The maximum absolute atomic E-state index is 13.1. The van der Waals surface area contributed by atoms with E-state index in [2.05, 4.69) is 24.1 Å². The summed E-state index contributed by atoms with van der Waals surface area (Å²) in [5.41, 5.74) is -0.251. The molecule has 2 fully saturated rings. The van der Waals surface area contributed by atoms with Crippen LogP contribution in [0.1, 0.15) is 26.7 Å². The molecular formula is C19H28FN3O4S. The zero-order valence-corrected chi connectivity index (χ0v) is 17.2. The first-order valence-electron chi connectivity index (χ1n) is 9.60. The highest BCUT2D eigenvalue weighted by atomic mass is 32.2. The van der Waals surface area contributed by atoms with Gasteiger partial charge in [0.05, 0.1) is 18.1 Å². The number of sulfonamides is 1. The van der Waals surface area contributed by atoms with E-state index in [9.17, 15) is 17.6 Å². The van der Waals surface area contributed by atoms with Crippen molar-refractivity contribution in [3.8, 4) is 0 Å². The van der Waals surface area contributed by atoms with Gasteiger partial charge in [0, 0.05) is 31.7 Å². The predicted molar refractivity (Wildman–Crippen MR) is 103 cm³/mol. The molecule has 1 amide bonds. The van der Waals surface area contributed by atoms with Crippen LogP contribution in [0.15, 0.2) is 29.2 Å². The third-order valence-electron chi connectivity index (χ3n) is 5.49. The molecule has 2 aliphatic heterocycles. The summed E-state index contributed by atoms with van der Waals surface area (Å²) < 4.78 is 45.6. The van der Waals surface area contributed by atoms with Gasteiger partial charge in [0.1, 0.15) is 11.9 Å².